The minimum atomic E-state index is -0.0123. The summed E-state index contributed by atoms with van der Waals surface area (Å²) in [4.78, 5) is 14.0. The van der Waals surface area contributed by atoms with E-state index in [-0.39, 0.29) is 5.78 Å². The van der Waals surface area contributed by atoms with Crippen LogP contribution in [0.3, 0.4) is 0 Å². The van der Waals surface area contributed by atoms with Crippen molar-refractivity contribution in [1.82, 2.24) is 0 Å². The highest BCUT2D eigenvalue weighted by atomic mass is 79.9. The number of aromatic nitrogens is 1. The second kappa shape index (κ2) is 6.48. The Bertz CT molecular complexity index is 616. The predicted molar refractivity (Wildman–Crippen MR) is 84.8 cm³/mol. The van der Waals surface area contributed by atoms with Gasteiger partial charge in [0, 0.05) is 42.0 Å². The van der Waals surface area contributed by atoms with Crippen LogP contribution in [0.4, 0.5) is 5.69 Å². The summed E-state index contributed by atoms with van der Waals surface area (Å²) in [5, 5.41) is 0. The number of ketones is 1. The highest BCUT2D eigenvalue weighted by molar-refractivity contribution is 9.10. The largest absolute Gasteiger partial charge is 0.377 e. The van der Waals surface area contributed by atoms with Crippen LogP contribution < -0.4 is 9.47 Å². The Balaban J connectivity index is 2.08. The van der Waals surface area contributed by atoms with Gasteiger partial charge >= 0.3 is 0 Å². The molecule has 0 radical (unpaired) electrons. The number of allylic oxidation sites excluding steroid dienone is 1. The lowest BCUT2D eigenvalue weighted by Crippen LogP contribution is -2.25. The number of benzene rings is 1. The molecule has 2 aromatic rings. The average Bonchev–Trinajstić information content (AvgIpc) is 2.46. The molecule has 3 nitrogen and oxygen atoms in total. The lowest BCUT2D eigenvalue weighted by molar-refractivity contribution is -0.568. The van der Waals surface area contributed by atoms with Crippen LogP contribution in [-0.4, -0.2) is 19.9 Å². The summed E-state index contributed by atoms with van der Waals surface area (Å²) in [6, 6.07) is 11.3. The van der Waals surface area contributed by atoms with Crippen molar-refractivity contribution in [2.24, 2.45) is 0 Å². The summed E-state index contributed by atoms with van der Waals surface area (Å²) in [5.41, 5.74) is 1.80. The van der Waals surface area contributed by atoms with Gasteiger partial charge in [-0.1, -0.05) is 15.9 Å². The average molecular weight is 332 g/mol. The summed E-state index contributed by atoms with van der Waals surface area (Å²) >= 11 is 3.35. The first-order valence-corrected chi connectivity index (χ1v) is 7.02. The van der Waals surface area contributed by atoms with Gasteiger partial charge in [0.15, 0.2) is 24.4 Å². The first-order valence-electron chi connectivity index (χ1n) is 6.22. The van der Waals surface area contributed by atoms with Crippen molar-refractivity contribution in [2.45, 2.75) is 0 Å². The Morgan fingerprint density at radius 2 is 1.70 bits per heavy atom. The van der Waals surface area contributed by atoms with Gasteiger partial charge in [0.05, 0.1) is 6.08 Å². The Morgan fingerprint density at radius 3 is 2.25 bits per heavy atom. The molecule has 0 spiro atoms. The fourth-order valence-electron chi connectivity index (χ4n) is 1.69. The third kappa shape index (κ3) is 3.78. The summed E-state index contributed by atoms with van der Waals surface area (Å²) in [5.74, 6) is -0.0123. The zero-order chi connectivity index (χ0) is 14.5. The number of pyridine rings is 1. The number of rotatable bonds is 4. The molecular weight excluding hydrogens is 316 g/mol. The molecule has 0 unspecified atom stereocenters. The number of carbonyl (C=O) groups is 1. The molecule has 0 N–H and O–H groups in total. The highest BCUT2D eigenvalue weighted by Gasteiger charge is 2.03. The lowest BCUT2D eigenvalue weighted by atomic mass is 10.1. The molecular formula is C16H16BrN2O+. The molecule has 2 rings (SSSR count). The van der Waals surface area contributed by atoms with Crippen molar-refractivity contribution in [2.75, 3.05) is 19.0 Å². The van der Waals surface area contributed by atoms with Crippen molar-refractivity contribution in [1.29, 1.82) is 0 Å². The van der Waals surface area contributed by atoms with Crippen LogP contribution in [0.25, 0.3) is 6.20 Å². The third-order valence-corrected chi connectivity index (χ3v) is 3.41. The van der Waals surface area contributed by atoms with E-state index in [1.54, 1.807) is 24.4 Å². The minimum Gasteiger partial charge on any atom is -0.377 e. The maximum absolute atomic E-state index is 12.0. The molecule has 20 heavy (non-hydrogen) atoms. The van der Waals surface area contributed by atoms with Crippen LogP contribution in [0.15, 0.2) is 59.3 Å². The van der Waals surface area contributed by atoms with Crippen LogP contribution in [-0.2, 0) is 0 Å². The molecule has 0 saturated carbocycles. The normalized spacial score (nSPS) is 10.8. The smallest absolute Gasteiger partial charge is 0.191 e. The van der Waals surface area contributed by atoms with Gasteiger partial charge in [0.1, 0.15) is 0 Å². The first kappa shape index (κ1) is 14.5. The molecule has 0 bridgehead atoms. The standard InChI is InChI=1S/C16H16BrN2O/c1-18(2)15-7-10-19(11-8-15)12-9-16(20)13-3-5-14(17)6-4-13/h3-12H,1-2H3/q+1/b12-9-. The SMILES string of the molecule is CN(C)c1cc[n+](/C=C\C(=O)c2ccc(Br)cc2)cc1. The monoisotopic (exact) mass is 331 g/mol. The molecule has 0 atom stereocenters. The van der Waals surface area contributed by atoms with Crippen molar-refractivity contribution >= 4 is 33.6 Å². The van der Waals surface area contributed by atoms with Crippen LogP contribution in [0, 0.1) is 0 Å². The van der Waals surface area contributed by atoms with E-state index in [4.69, 9.17) is 0 Å². The molecule has 0 fully saturated rings. The third-order valence-electron chi connectivity index (χ3n) is 2.88. The Labute approximate surface area is 127 Å². The minimum absolute atomic E-state index is 0.0123. The molecule has 1 aromatic heterocycles. The Kier molecular flexibility index (Phi) is 4.69. The fraction of sp³-hybridized carbons (Fsp3) is 0.125. The van der Waals surface area contributed by atoms with E-state index in [2.05, 4.69) is 15.9 Å². The zero-order valence-electron chi connectivity index (χ0n) is 11.5. The number of halogens is 1. The quantitative estimate of drug-likeness (QED) is 0.488. The predicted octanol–water partition coefficient (Wildman–Crippen LogP) is 3.16. The molecule has 0 aliphatic carbocycles. The van der Waals surface area contributed by atoms with Crippen molar-refractivity contribution < 1.29 is 9.36 Å². The Hall–Kier alpha value is -1.94. The van der Waals surface area contributed by atoms with Crippen molar-refractivity contribution in [3.05, 3.63) is 64.9 Å². The summed E-state index contributed by atoms with van der Waals surface area (Å²) in [7, 11) is 3.99. The van der Waals surface area contributed by atoms with Crippen LogP contribution >= 0.6 is 15.9 Å². The first-order chi connectivity index (χ1) is 9.56. The van der Waals surface area contributed by atoms with Crippen molar-refractivity contribution in [3.8, 4) is 0 Å². The van der Waals surface area contributed by atoms with Crippen LogP contribution in [0.2, 0.25) is 0 Å². The maximum Gasteiger partial charge on any atom is 0.191 e. The van der Waals surface area contributed by atoms with E-state index < -0.39 is 0 Å². The summed E-state index contributed by atoms with van der Waals surface area (Å²) < 4.78 is 2.82. The molecule has 4 heteroatoms. The molecule has 0 saturated heterocycles. The van der Waals surface area contributed by atoms with Gasteiger partial charge < -0.3 is 4.90 Å². The van der Waals surface area contributed by atoms with Crippen LogP contribution in [0.5, 0.6) is 0 Å². The summed E-state index contributed by atoms with van der Waals surface area (Å²) in [6.45, 7) is 0. The molecule has 1 heterocycles. The molecule has 102 valence electrons. The van der Waals surface area contributed by atoms with Crippen molar-refractivity contribution in [3.63, 3.8) is 0 Å². The van der Waals surface area contributed by atoms with Gasteiger partial charge in [-0.25, -0.2) is 0 Å². The number of hydrogen-bond donors (Lipinski definition) is 0. The van der Waals surface area contributed by atoms with E-state index in [1.165, 1.54) is 0 Å². The number of hydrogen-bond acceptors (Lipinski definition) is 2. The van der Waals surface area contributed by atoms with E-state index in [1.807, 2.05) is 60.2 Å². The molecule has 0 aliphatic heterocycles. The maximum atomic E-state index is 12.0. The van der Waals surface area contributed by atoms with Gasteiger partial charge in [-0.3, -0.25) is 4.79 Å². The Morgan fingerprint density at radius 1 is 1.10 bits per heavy atom. The van der Waals surface area contributed by atoms with E-state index >= 15 is 0 Å². The zero-order valence-corrected chi connectivity index (χ0v) is 13.0. The second-order valence-electron chi connectivity index (χ2n) is 4.58. The lowest BCUT2D eigenvalue weighted by Gasteiger charge is -2.09. The van der Waals surface area contributed by atoms with E-state index in [0.29, 0.717) is 5.56 Å². The van der Waals surface area contributed by atoms with Gasteiger partial charge in [-0.05, 0) is 24.3 Å². The molecule has 0 amide bonds. The van der Waals surface area contributed by atoms with Gasteiger partial charge in [-0.15, -0.1) is 0 Å². The summed E-state index contributed by atoms with van der Waals surface area (Å²) in [6.07, 6.45) is 7.16. The van der Waals surface area contributed by atoms with Crippen LogP contribution in [0.1, 0.15) is 10.4 Å². The fourth-order valence-corrected chi connectivity index (χ4v) is 1.96. The molecule has 1 aromatic carbocycles. The van der Waals surface area contributed by atoms with Gasteiger partial charge in [0.25, 0.3) is 0 Å². The topological polar surface area (TPSA) is 24.2 Å². The number of anilines is 1. The van der Waals surface area contributed by atoms with Gasteiger partial charge in [0.2, 0.25) is 0 Å². The second-order valence-corrected chi connectivity index (χ2v) is 5.50. The number of nitrogens with zero attached hydrogens (tertiary/aromatic N) is 2. The van der Waals surface area contributed by atoms with Gasteiger partial charge in [-0.2, -0.15) is 4.57 Å². The van der Waals surface area contributed by atoms with E-state index in [0.717, 1.165) is 10.2 Å². The molecule has 0 aliphatic rings. The number of carbonyl (C=O) groups excluding carboxylic acids is 1. The van der Waals surface area contributed by atoms with E-state index in [9.17, 15) is 4.79 Å². The highest BCUT2D eigenvalue weighted by Crippen LogP contribution is 2.11.